The van der Waals surface area contributed by atoms with E-state index in [0.717, 1.165) is 0 Å². The molecule has 3 N–H and O–H groups in total. The third-order valence-electron chi connectivity index (χ3n) is 1.41. The van der Waals surface area contributed by atoms with Crippen molar-refractivity contribution >= 4 is 5.91 Å². The van der Waals surface area contributed by atoms with Gasteiger partial charge in [-0.25, -0.2) is 0 Å². The fraction of sp³-hybridized carbons (Fsp3) is 0.125. The lowest BCUT2D eigenvalue weighted by molar-refractivity contribution is 0.0999. The van der Waals surface area contributed by atoms with E-state index in [4.69, 9.17) is 15.6 Å². The van der Waals surface area contributed by atoms with E-state index < -0.39 is 5.91 Å². The van der Waals surface area contributed by atoms with E-state index in [-0.39, 0.29) is 11.3 Å². The second-order valence-corrected chi connectivity index (χ2v) is 2.28. The molecule has 1 aromatic rings. The lowest BCUT2D eigenvalue weighted by Crippen LogP contribution is -2.10. The highest BCUT2D eigenvalue weighted by Gasteiger charge is 2.04. The number of methoxy groups -OCH3 is 1. The van der Waals surface area contributed by atoms with Crippen LogP contribution in [0.4, 0.5) is 0 Å². The largest absolute Gasteiger partial charge is 0.508 e. The van der Waals surface area contributed by atoms with Gasteiger partial charge in [0.15, 0.2) is 0 Å². The third kappa shape index (κ3) is 1.66. The molecule has 0 heterocycles. The van der Waals surface area contributed by atoms with Crippen molar-refractivity contribution in [2.75, 3.05) is 7.11 Å². The summed E-state index contributed by atoms with van der Waals surface area (Å²) in [7, 11) is 1.44. The van der Waals surface area contributed by atoms with Gasteiger partial charge in [0.2, 0.25) is 5.91 Å². The zero-order valence-corrected chi connectivity index (χ0v) is 6.57. The van der Waals surface area contributed by atoms with E-state index in [9.17, 15) is 4.79 Å². The second-order valence-electron chi connectivity index (χ2n) is 2.28. The van der Waals surface area contributed by atoms with Crippen molar-refractivity contribution in [1.29, 1.82) is 0 Å². The molecule has 0 aliphatic rings. The van der Waals surface area contributed by atoms with Crippen molar-refractivity contribution in [2.45, 2.75) is 0 Å². The SMILES string of the molecule is COc1cc(O)cc(C(N)=O)c1. The molecule has 1 amide bonds. The number of hydrogen-bond acceptors (Lipinski definition) is 3. The summed E-state index contributed by atoms with van der Waals surface area (Å²) in [4.78, 5) is 10.7. The zero-order valence-electron chi connectivity index (χ0n) is 6.57. The van der Waals surface area contributed by atoms with Gasteiger partial charge in [0.25, 0.3) is 0 Å². The molecule has 0 aliphatic carbocycles. The second kappa shape index (κ2) is 3.13. The van der Waals surface area contributed by atoms with E-state index >= 15 is 0 Å². The van der Waals surface area contributed by atoms with Gasteiger partial charge in [-0.1, -0.05) is 0 Å². The predicted molar refractivity (Wildman–Crippen MR) is 43.2 cm³/mol. The lowest BCUT2D eigenvalue weighted by Gasteiger charge is -2.02. The molecule has 0 spiro atoms. The van der Waals surface area contributed by atoms with Crippen LogP contribution in [0.3, 0.4) is 0 Å². The maximum Gasteiger partial charge on any atom is 0.248 e. The van der Waals surface area contributed by atoms with Crippen molar-refractivity contribution in [3.05, 3.63) is 23.8 Å². The van der Waals surface area contributed by atoms with Crippen LogP contribution in [0.25, 0.3) is 0 Å². The third-order valence-corrected chi connectivity index (χ3v) is 1.41. The van der Waals surface area contributed by atoms with Gasteiger partial charge in [0, 0.05) is 11.6 Å². The van der Waals surface area contributed by atoms with Gasteiger partial charge in [-0.3, -0.25) is 4.79 Å². The molecule has 0 radical (unpaired) electrons. The molecule has 4 nitrogen and oxygen atoms in total. The van der Waals surface area contributed by atoms with Gasteiger partial charge in [-0.2, -0.15) is 0 Å². The molecule has 0 atom stereocenters. The number of hydrogen-bond donors (Lipinski definition) is 2. The Kier molecular flexibility index (Phi) is 2.19. The molecular formula is C8H9NO3. The Balaban J connectivity index is 3.15. The standard InChI is InChI=1S/C8H9NO3/c1-12-7-3-5(8(9)11)2-6(10)4-7/h2-4,10H,1H3,(H2,9,11). The van der Waals surface area contributed by atoms with Gasteiger partial charge in [-0.15, -0.1) is 0 Å². The number of rotatable bonds is 2. The predicted octanol–water partition coefficient (Wildman–Crippen LogP) is 0.500. The molecule has 0 saturated heterocycles. The zero-order chi connectivity index (χ0) is 9.14. The summed E-state index contributed by atoms with van der Waals surface area (Å²) in [6.45, 7) is 0. The molecule has 0 fully saturated rings. The number of nitrogens with two attached hydrogens (primary N) is 1. The van der Waals surface area contributed by atoms with Crippen LogP contribution in [0.2, 0.25) is 0 Å². The lowest BCUT2D eigenvalue weighted by atomic mass is 10.2. The average molecular weight is 167 g/mol. The van der Waals surface area contributed by atoms with Gasteiger partial charge in [0.1, 0.15) is 11.5 Å². The van der Waals surface area contributed by atoms with Crippen LogP contribution >= 0.6 is 0 Å². The van der Waals surface area contributed by atoms with Crippen molar-refractivity contribution in [2.24, 2.45) is 5.73 Å². The number of phenolic OH excluding ortho intramolecular Hbond substituents is 1. The first kappa shape index (κ1) is 8.39. The minimum atomic E-state index is -0.593. The van der Waals surface area contributed by atoms with Gasteiger partial charge < -0.3 is 15.6 Å². The highest BCUT2D eigenvalue weighted by Crippen LogP contribution is 2.20. The van der Waals surface area contributed by atoms with Crippen molar-refractivity contribution in [1.82, 2.24) is 0 Å². The summed E-state index contributed by atoms with van der Waals surface area (Å²) in [6.07, 6.45) is 0. The summed E-state index contributed by atoms with van der Waals surface area (Å²) < 4.78 is 4.82. The topological polar surface area (TPSA) is 72.6 Å². The number of amides is 1. The summed E-state index contributed by atoms with van der Waals surface area (Å²) in [5, 5.41) is 9.09. The molecule has 0 saturated carbocycles. The van der Waals surface area contributed by atoms with Crippen LogP contribution in [0.5, 0.6) is 11.5 Å². The van der Waals surface area contributed by atoms with E-state index in [1.165, 1.54) is 25.3 Å². The number of primary amides is 1. The van der Waals surface area contributed by atoms with Crippen molar-refractivity contribution in [3.8, 4) is 11.5 Å². The molecule has 12 heavy (non-hydrogen) atoms. The normalized spacial score (nSPS) is 9.42. The number of ether oxygens (including phenoxy) is 1. The number of phenols is 1. The number of carbonyl (C=O) groups excluding carboxylic acids is 1. The van der Waals surface area contributed by atoms with Crippen LogP contribution in [-0.2, 0) is 0 Å². The van der Waals surface area contributed by atoms with Crippen LogP contribution in [-0.4, -0.2) is 18.1 Å². The molecule has 0 aromatic heterocycles. The van der Waals surface area contributed by atoms with Gasteiger partial charge in [-0.05, 0) is 12.1 Å². The quantitative estimate of drug-likeness (QED) is 0.673. The minimum Gasteiger partial charge on any atom is -0.508 e. The molecule has 1 rings (SSSR count). The fourth-order valence-electron chi connectivity index (χ4n) is 0.843. The average Bonchev–Trinajstić information content (AvgIpc) is 2.03. The Morgan fingerprint density at radius 3 is 2.67 bits per heavy atom. The molecule has 1 aromatic carbocycles. The van der Waals surface area contributed by atoms with Crippen molar-refractivity contribution < 1.29 is 14.6 Å². The Bertz CT molecular complexity index is 309. The molecule has 0 unspecified atom stereocenters. The Labute approximate surface area is 69.6 Å². The first-order valence-corrected chi connectivity index (χ1v) is 3.31. The highest BCUT2D eigenvalue weighted by molar-refractivity contribution is 5.93. The van der Waals surface area contributed by atoms with E-state index in [1.807, 2.05) is 0 Å². The summed E-state index contributed by atoms with van der Waals surface area (Å²) in [6, 6.07) is 4.14. The Hall–Kier alpha value is -1.71. The summed E-state index contributed by atoms with van der Waals surface area (Å²) in [5.41, 5.74) is 5.23. The van der Waals surface area contributed by atoms with E-state index in [2.05, 4.69) is 0 Å². The molecule has 4 heteroatoms. The minimum absolute atomic E-state index is 0.0387. The van der Waals surface area contributed by atoms with Gasteiger partial charge in [0.05, 0.1) is 7.11 Å². The maximum absolute atomic E-state index is 10.7. The van der Waals surface area contributed by atoms with Crippen LogP contribution in [0.1, 0.15) is 10.4 Å². The summed E-state index contributed by atoms with van der Waals surface area (Å²) in [5.74, 6) is -0.226. The highest BCUT2D eigenvalue weighted by atomic mass is 16.5. The van der Waals surface area contributed by atoms with Crippen LogP contribution < -0.4 is 10.5 Å². The first-order valence-electron chi connectivity index (χ1n) is 3.31. The number of aromatic hydroxyl groups is 1. The fourth-order valence-corrected chi connectivity index (χ4v) is 0.843. The van der Waals surface area contributed by atoms with Crippen LogP contribution in [0, 0.1) is 0 Å². The smallest absolute Gasteiger partial charge is 0.248 e. The Morgan fingerprint density at radius 1 is 1.50 bits per heavy atom. The molecule has 0 aliphatic heterocycles. The molecule has 64 valence electrons. The van der Waals surface area contributed by atoms with E-state index in [1.54, 1.807) is 0 Å². The number of carbonyl (C=O) groups is 1. The van der Waals surface area contributed by atoms with Crippen molar-refractivity contribution in [3.63, 3.8) is 0 Å². The Morgan fingerprint density at radius 2 is 2.17 bits per heavy atom. The molecule has 0 bridgehead atoms. The van der Waals surface area contributed by atoms with Crippen LogP contribution in [0.15, 0.2) is 18.2 Å². The first-order chi connectivity index (χ1) is 5.63. The molecular weight excluding hydrogens is 158 g/mol. The summed E-state index contributed by atoms with van der Waals surface area (Å²) >= 11 is 0. The maximum atomic E-state index is 10.7. The monoisotopic (exact) mass is 167 g/mol. The number of benzene rings is 1. The van der Waals surface area contributed by atoms with E-state index in [0.29, 0.717) is 5.75 Å². The van der Waals surface area contributed by atoms with Gasteiger partial charge >= 0.3 is 0 Å².